The molecule has 0 aliphatic rings. The van der Waals surface area contributed by atoms with Crippen molar-refractivity contribution in [3.8, 4) is 0 Å². The molecule has 0 bridgehead atoms. The molecule has 6 nitrogen and oxygen atoms in total. The zero-order valence-electron chi connectivity index (χ0n) is 16.6. The number of carbonyl (C=O) groups is 1. The third-order valence-electron chi connectivity index (χ3n) is 3.99. The van der Waals surface area contributed by atoms with E-state index < -0.39 is 13.8 Å². The van der Waals surface area contributed by atoms with Crippen LogP contribution in [0.15, 0.2) is 0 Å². The van der Waals surface area contributed by atoms with Crippen molar-refractivity contribution in [1.29, 1.82) is 0 Å². The number of hydrogen-bond acceptors (Lipinski definition) is 2. The number of hydrogen-bond donors (Lipinski definition) is 4. The average Bonchev–Trinajstić information content (AvgIpc) is 2.49. The maximum absolute atomic E-state index is 10.3. The Kier molecular flexibility index (Phi) is 27.6. The standard InChI is InChI=1S/C18H36O2.H3O4P.Zn/c1-2-3-4-5-6-7-8-9-10-11-12-13-14-15-16-17-18(19)20;1-5(2,3)4;/h2-17H2,1H3,(H,19,20);(H3,1,2,3,4);. The molecular weight excluding hydrogens is 409 g/mol. The van der Waals surface area contributed by atoms with E-state index in [0.29, 0.717) is 6.42 Å². The molecule has 0 rings (SSSR count). The van der Waals surface area contributed by atoms with Crippen molar-refractivity contribution in [3.05, 3.63) is 0 Å². The molecule has 0 radical (unpaired) electrons. The SMILES string of the molecule is CCCCCCCCCCCCCCCCCC(=O)O.O=P(O)(O)O.[Zn]. The summed E-state index contributed by atoms with van der Waals surface area (Å²) >= 11 is 0. The Labute approximate surface area is 172 Å². The summed E-state index contributed by atoms with van der Waals surface area (Å²) in [4.78, 5) is 31.9. The van der Waals surface area contributed by atoms with Crippen molar-refractivity contribution in [3.63, 3.8) is 0 Å². The number of carboxylic acids is 1. The van der Waals surface area contributed by atoms with E-state index >= 15 is 0 Å². The number of rotatable bonds is 16. The summed E-state index contributed by atoms with van der Waals surface area (Å²) in [5, 5.41) is 8.52. The molecule has 0 heterocycles. The van der Waals surface area contributed by atoms with Gasteiger partial charge in [-0.15, -0.1) is 0 Å². The Balaban J connectivity index is -0.000000772. The van der Waals surface area contributed by atoms with Gasteiger partial charge >= 0.3 is 13.8 Å². The number of aliphatic carboxylic acids is 1. The van der Waals surface area contributed by atoms with Crippen LogP contribution in [-0.2, 0) is 28.8 Å². The second-order valence-corrected chi connectivity index (χ2v) is 7.63. The van der Waals surface area contributed by atoms with Crippen LogP contribution >= 0.6 is 7.82 Å². The largest absolute Gasteiger partial charge is 0.481 e. The first-order valence-electron chi connectivity index (χ1n) is 9.77. The number of phosphoric acid groups is 1. The third kappa shape index (κ3) is 44.0. The van der Waals surface area contributed by atoms with Gasteiger partial charge in [-0.25, -0.2) is 4.57 Å². The number of unbranched alkanes of at least 4 members (excludes halogenated alkanes) is 14. The van der Waals surface area contributed by atoms with Crippen LogP contribution in [0.25, 0.3) is 0 Å². The van der Waals surface area contributed by atoms with Gasteiger partial charge in [0.05, 0.1) is 0 Å². The van der Waals surface area contributed by atoms with Crippen molar-refractivity contribution < 1.29 is 48.6 Å². The van der Waals surface area contributed by atoms with Gasteiger partial charge in [0.2, 0.25) is 0 Å². The van der Waals surface area contributed by atoms with Gasteiger partial charge in [0.15, 0.2) is 0 Å². The summed E-state index contributed by atoms with van der Waals surface area (Å²) in [7, 11) is -4.64. The fourth-order valence-electron chi connectivity index (χ4n) is 2.65. The third-order valence-corrected chi connectivity index (χ3v) is 3.99. The minimum Gasteiger partial charge on any atom is -0.481 e. The van der Waals surface area contributed by atoms with Crippen molar-refractivity contribution in [2.24, 2.45) is 0 Å². The molecule has 0 fully saturated rings. The summed E-state index contributed by atoms with van der Waals surface area (Å²) in [5.74, 6) is -0.653. The van der Waals surface area contributed by atoms with Gasteiger partial charge in [0.1, 0.15) is 0 Å². The fraction of sp³-hybridized carbons (Fsp3) is 0.944. The molecule has 0 aromatic rings. The van der Waals surface area contributed by atoms with Gasteiger partial charge < -0.3 is 19.8 Å². The van der Waals surface area contributed by atoms with Gasteiger partial charge in [0, 0.05) is 25.9 Å². The van der Waals surface area contributed by atoms with Crippen LogP contribution in [0.5, 0.6) is 0 Å². The maximum Gasteiger partial charge on any atom is 0.466 e. The Morgan fingerprint density at radius 3 is 1.12 bits per heavy atom. The molecule has 4 N–H and O–H groups in total. The molecule has 0 aromatic carbocycles. The van der Waals surface area contributed by atoms with Crippen LogP contribution in [0, 0.1) is 0 Å². The van der Waals surface area contributed by atoms with Gasteiger partial charge in [0.25, 0.3) is 0 Å². The predicted octanol–water partition coefficient (Wildman–Crippen LogP) is 5.40. The molecule has 154 valence electrons. The molecule has 0 saturated heterocycles. The van der Waals surface area contributed by atoms with Crippen molar-refractivity contribution >= 4 is 13.8 Å². The Hall–Kier alpha value is 0.203. The molecule has 0 amide bonds. The first kappa shape index (κ1) is 30.9. The molecule has 0 atom stereocenters. The normalized spacial score (nSPS) is 10.6. The Morgan fingerprint density at radius 2 is 0.885 bits per heavy atom. The predicted molar refractivity (Wildman–Crippen MR) is 101 cm³/mol. The summed E-state index contributed by atoms with van der Waals surface area (Å²) < 4.78 is 8.88. The van der Waals surface area contributed by atoms with E-state index in [1.807, 2.05) is 0 Å². The quantitative estimate of drug-likeness (QED) is 0.143. The smallest absolute Gasteiger partial charge is 0.466 e. The summed E-state index contributed by atoms with van der Waals surface area (Å²) in [5.41, 5.74) is 0. The molecule has 26 heavy (non-hydrogen) atoms. The van der Waals surface area contributed by atoms with Crippen LogP contribution in [0.3, 0.4) is 0 Å². The van der Waals surface area contributed by atoms with Crippen LogP contribution in [0.1, 0.15) is 110 Å². The summed E-state index contributed by atoms with van der Waals surface area (Å²) in [6, 6.07) is 0. The monoisotopic (exact) mass is 446 g/mol. The van der Waals surface area contributed by atoms with E-state index in [1.165, 1.54) is 83.5 Å². The minimum absolute atomic E-state index is 0. The first-order chi connectivity index (χ1) is 11.8. The van der Waals surface area contributed by atoms with E-state index in [1.54, 1.807) is 0 Å². The van der Waals surface area contributed by atoms with E-state index in [9.17, 15) is 4.79 Å². The van der Waals surface area contributed by atoms with E-state index in [0.717, 1.165) is 12.8 Å². The second-order valence-electron chi connectivity index (χ2n) is 6.61. The maximum atomic E-state index is 10.3. The average molecular weight is 448 g/mol. The number of carboxylic acid groups (broad SMARTS) is 1. The molecule has 0 aliphatic carbocycles. The zero-order chi connectivity index (χ0) is 19.4. The van der Waals surface area contributed by atoms with Crippen LogP contribution < -0.4 is 0 Å². The second kappa shape index (κ2) is 23.2. The van der Waals surface area contributed by atoms with Gasteiger partial charge in [-0.2, -0.15) is 0 Å². The molecule has 0 aromatic heterocycles. The van der Waals surface area contributed by atoms with Gasteiger partial charge in [-0.3, -0.25) is 4.79 Å². The Morgan fingerprint density at radius 1 is 0.654 bits per heavy atom. The van der Waals surface area contributed by atoms with Gasteiger partial charge in [-0.1, -0.05) is 96.8 Å². The fourth-order valence-corrected chi connectivity index (χ4v) is 2.65. The van der Waals surface area contributed by atoms with Crippen LogP contribution in [-0.4, -0.2) is 25.8 Å². The van der Waals surface area contributed by atoms with E-state index in [4.69, 9.17) is 24.4 Å². The topological polar surface area (TPSA) is 115 Å². The van der Waals surface area contributed by atoms with Gasteiger partial charge in [-0.05, 0) is 6.42 Å². The molecule has 0 spiro atoms. The van der Waals surface area contributed by atoms with Crippen molar-refractivity contribution in [2.45, 2.75) is 110 Å². The molecule has 0 saturated carbocycles. The molecule has 8 heteroatoms. The zero-order valence-corrected chi connectivity index (χ0v) is 20.4. The molecule has 0 unspecified atom stereocenters. The van der Waals surface area contributed by atoms with E-state index in [2.05, 4.69) is 6.92 Å². The Bertz CT molecular complexity index is 327. The van der Waals surface area contributed by atoms with Crippen molar-refractivity contribution in [1.82, 2.24) is 0 Å². The molecular formula is C18H39O6PZn. The summed E-state index contributed by atoms with van der Waals surface area (Å²) in [6.07, 6.45) is 20.2. The van der Waals surface area contributed by atoms with Crippen LogP contribution in [0.2, 0.25) is 0 Å². The minimum atomic E-state index is -4.64. The van der Waals surface area contributed by atoms with Crippen LogP contribution in [0.4, 0.5) is 0 Å². The first-order valence-corrected chi connectivity index (χ1v) is 11.3. The summed E-state index contributed by atoms with van der Waals surface area (Å²) in [6.45, 7) is 2.27. The van der Waals surface area contributed by atoms with Crippen molar-refractivity contribution in [2.75, 3.05) is 0 Å². The molecule has 0 aliphatic heterocycles. The van der Waals surface area contributed by atoms with E-state index in [-0.39, 0.29) is 19.5 Å².